The van der Waals surface area contributed by atoms with Crippen LogP contribution in [0.25, 0.3) is 0 Å². The zero-order chi connectivity index (χ0) is 15.2. The van der Waals surface area contributed by atoms with Gasteiger partial charge in [-0.05, 0) is 37.2 Å². The molecule has 0 aliphatic carbocycles. The lowest BCUT2D eigenvalue weighted by molar-refractivity contribution is 0.0526. The first-order valence-corrected chi connectivity index (χ1v) is 8.33. The molecule has 0 unspecified atom stereocenters. The fraction of sp³-hybridized carbons (Fsp3) is 0.562. The lowest BCUT2D eigenvalue weighted by atomic mass is 10.1. The minimum atomic E-state index is -0.254. The van der Waals surface area contributed by atoms with Crippen LogP contribution in [0.2, 0.25) is 0 Å². The second kappa shape index (κ2) is 7.92. The van der Waals surface area contributed by atoms with E-state index in [1.54, 1.807) is 0 Å². The Labute approximate surface area is 135 Å². The van der Waals surface area contributed by atoms with Gasteiger partial charge in [0, 0.05) is 37.2 Å². The first-order chi connectivity index (χ1) is 10.1. The molecule has 0 N–H and O–H groups in total. The van der Waals surface area contributed by atoms with Crippen molar-refractivity contribution in [3.8, 4) is 0 Å². The number of nitrogens with zero attached hydrogens (tertiary/aromatic N) is 2. The Balaban J connectivity index is 2.01. The van der Waals surface area contributed by atoms with Crippen molar-refractivity contribution in [1.29, 1.82) is 0 Å². The highest BCUT2D eigenvalue weighted by molar-refractivity contribution is 9.10. The highest BCUT2D eigenvalue weighted by atomic mass is 79.9. The van der Waals surface area contributed by atoms with E-state index in [1.165, 1.54) is 0 Å². The number of esters is 1. The third-order valence-electron chi connectivity index (χ3n) is 3.79. The van der Waals surface area contributed by atoms with E-state index in [2.05, 4.69) is 38.7 Å². The van der Waals surface area contributed by atoms with E-state index in [4.69, 9.17) is 4.74 Å². The first kappa shape index (κ1) is 16.5. The molecule has 2 rings (SSSR count). The van der Waals surface area contributed by atoms with Crippen molar-refractivity contribution in [3.05, 3.63) is 33.8 Å². The third-order valence-corrected chi connectivity index (χ3v) is 4.24. The van der Waals surface area contributed by atoms with Crippen molar-refractivity contribution < 1.29 is 9.53 Å². The van der Waals surface area contributed by atoms with E-state index in [1.807, 2.05) is 19.1 Å². The van der Waals surface area contributed by atoms with Crippen molar-refractivity contribution in [2.45, 2.75) is 20.4 Å². The third kappa shape index (κ3) is 4.80. The van der Waals surface area contributed by atoms with E-state index in [0.717, 1.165) is 49.3 Å². The summed E-state index contributed by atoms with van der Waals surface area (Å²) in [4.78, 5) is 16.8. The molecule has 0 spiro atoms. The van der Waals surface area contributed by atoms with Gasteiger partial charge in [-0.25, -0.2) is 4.79 Å². The maximum Gasteiger partial charge on any atom is 0.338 e. The molecular weight excluding hydrogens is 332 g/mol. The molecule has 1 aromatic rings. The van der Waals surface area contributed by atoms with Gasteiger partial charge < -0.3 is 9.64 Å². The lowest BCUT2D eigenvalue weighted by Gasteiger charge is -2.34. The number of likely N-dealkylation sites (N-methyl/N-ethyl adjacent to an activating group) is 1. The summed E-state index contributed by atoms with van der Waals surface area (Å²) < 4.78 is 6.00. The van der Waals surface area contributed by atoms with Crippen LogP contribution in [0.15, 0.2) is 22.7 Å². The molecule has 1 heterocycles. The van der Waals surface area contributed by atoms with Crippen LogP contribution in [0.3, 0.4) is 0 Å². The molecule has 5 heteroatoms. The van der Waals surface area contributed by atoms with E-state index in [-0.39, 0.29) is 5.97 Å². The number of piperazine rings is 1. The number of halogens is 1. The molecular formula is C16H23BrN2O2. The summed E-state index contributed by atoms with van der Waals surface area (Å²) in [7, 11) is 0. The maximum absolute atomic E-state index is 11.9. The molecule has 1 aromatic carbocycles. The van der Waals surface area contributed by atoms with Gasteiger partial charge in [0.05, 0.1) is 12.2 Å². The summed E-state index contributed by atoms with van der Waals surface area (Å²) in [5.41, 5.74) is 1.77. The van der Waals surface area contributed by atoms with Gasteiger partial charge in [0.2, 0.25) is 0 Å². The van der Waals surface area contributed by atoms with Crippen molar-refractivity contribution >= 4 is 21.9 Å². The van der Waals surface area contributed by atoms with Crippen LogP contribution >= 0.6 is 15.9 Å². The second-order valence-electron chi connectivity index (χ2n) is 5.28. The number of rotatable bonds is 5. The summed E-state index contributed by atoms with van der Waals surface area (Å²) in [6.07, 6.45) is 0. The molecule has 21 heavy (non-hydrogen) atoms. The quantitative estimate of drug-likeness (QED) is 0.761. The molecule has 0 bridgehead atoms. The average molecular weight is 355 g/mol. The average Bonchev–Trinajstić information content (AvgIpc) is 2.47. The number of benzene rings is 1. The Morgan fingerprint density at radius 2 is 1.81 bits per heavy atom. The summed E-state index contributed by atoms with van der Waals surface area (Å²) in [6, 6.07) is 5.83. The topological polar surface area (TPSA) is 32.8 Å². The monoisotopic (exact) mass is 354 g/mol. The van der Waals surface area contributed by atoms with Crippen LogP contribution < -0.4 is 0 Å². The van der Waals surface area contributed by atoms with Gasteiger partial charge in [-0.1, -0.05) is 22.9 Å². The molecule has 1 aliphatic rings. The van der Waals surface area contributed by atoms with Gasteiger partial charge in [-0.3, -0.25) is 4.90 Å². The number of carbonyl (C=O) groups is 1. The second-order valence-corrected chi connectivity index (χ2v) is 6.19. The molecule has 116 valence electrons. The molecule has 0 radical (unpaired) electrons. The minimum absolute atomic E-state index is 0.254. The number of hydrogen-bond acceptors (Lipinski definition) is 4. The summed E-state index contributed by atoms with van der Waals surface area (Å²) in [6.45, 7) is 10.8. The van der Waals surface area contributed by atoms with Gasteiger partial charge in [0.25, 0.3) is 0 Å². The van der Waals surface area contributed by atoms with Gasteiger partial charge in [0.1, 0.15) is 0 Å². The molecule has 4 nitrogen and oxygen atoms in total. The number of hydrogen-bond donors (Lipinski definition) is 0. The zero-order valence-corrected chi connectivity index (χ0v) is 14.4. The van der Waals surface area contributed by atoms with E-state index in [9.17, 15) is 4.79 Å². The normalized spacial score (nSPS) is 16.9. The van der Waals surface area contributed by atoms with Crippen LogP contribution in [0.4, 0.5) is 0 Å². The molecule has 1 saturated heterocycles. The maximum atomic E-state index is 11.9. The fourth-order valence-electron chi connectivity index (χ4n) is 2.60. The number of ether oxygens (including phenoxy) is 1. The predicted octanol–water partition coefficient (Wildman–Crippen LogP) is 2.76. The highest BCUT2D eigenvalue weighted by Crippen LogP contribution is 2.19. The Bertz CT molecular complexity index is 485. The molecule has 0 aromatic heterocycles. The summed E-state index contributed by atoms with van der Waals surface area (Å²) >= 11 is 3.48. The molecule has 0 atom stereocenters. The van der Waals surface area contributed by atoms with Gasteiger partial charge in [-0.2, -0.15) is 0 Å². The van der Waals surface area contributed by atoms with Gasteiger partial charge in [0.15, 0.2) is 0 Å². The van der Waals surface area contributed by atoms with Crippen LogP contribution in [0.5, 0.6) is 0 Å². The highest BCUT2D eigenvalue weighted by Gasteiger charge is 2.16. The Kier molecular flexibility index (Phi) is 6.21. The molecule has 0 saturated carbocycles. The first-order valence-electron chi connectivity index (χ1n) is 7.53. The van der Waals surface area contributed by atoms with E-state index >= 15 is 0 Å². The SMILES string of the molecule is CCOC(=O)c1cc(Br)cc(CN2CCN(CC)CC2)c1. The minimum Gasteiger partial charge on any atom is -0.462 e. The van der Waals surface area contributed by atoms with Crippen molar-refractivity contribution in [3.63, 3.8) is 0 Å². The van der Waals surface area contributed by atoms with Crippen molar-refractivity contribution in [2.75, 3.05) is 39.3 Å². The fourth-order valence-corrected chi connectivity index (χ4v) is 3.14. The zero-order valence-electron chi connectivity index (χ0n) is 12.8. The molecule has 0 amide bonds. The van der Waals surface area contributed by atoms with Crippen LogP contribution in [0.1, 0.15) is 29.8 Å². The van der Waals surface area contributed by atoms with Crippen LogP contribution in [0, 0.1) is 0 Å². The standard InChI is InChI=1S/C16H23BrN2O2/c1-3-18-5-7-19(8-6-18)12-13-9-14(11-15(17)10-13)16(20)21-4-2/h9-11H,3-8,12H2,1-2H3. The van der Waals surface area contributed by atoms with Crippen molar-refractivity contribution in [2.24, 2.45) is 0 Å². The Morgan fingerprint density at radius 1 is 1.14 bits per heavy atom. The van der Waals surface area contributed by atoms with E-state index in [0.29, 0.717) is 12.2 Å². The Morgan fingerprint density at radius 3 is 2.43 bits per heavy atom. The van der Waals surface area contributed by atoms with Gasteiger partial charge >= 0.3 is 5.97 Å². The largest absolute Gasteiger partial charge is 0.462 e. The lowest BCUT2D eigenvalue weighted by Crippen LogP contribution is -2.45. The van der Waals surface area contributed by atoms with Crippen LogP contribution in [-0.4, -0.2) is 55.1 Å². The number of carbonyl (C=O) groups excluding carboxylic acids is 1. The van der Waals surface area contributed by atoms with Gasteiger partial charge in [-0.15, -0.1) is 0 Å². The molecule has 1 aliphatic heterocycles. The van der Waals surface area contributed by atoms with Crippen molar-refractivity contribution in [1.82, 2.24) is 9.80 Å². The Hall–Kier alpha value is -0.910. The smallest absolute Gasteiger partial charge is 0.338 e. The summed E-state index contributed by atoms with van der Waals surface area (Å²) in [5, 5.41) is 0. The molecule has 1 fully saturated rings. The predicted molar refractivity (Wildman–Crippen MR) is 87.5 cm³/mol. The van der Waals surface area contributed by atoms with Crippen LogP contribution in [-0.2, 0) is 11.3 Å². The summed E-state index contributed by atoms with van der Waals surface area (Å²) in [5.74, 6) is -0.254. The van der Waals surface area contributed by atoms with E-state index < -0.39 is 0 Å².